The molecule has 1 heterocycles. The SMILES string of the molecule is CC(C)S(=O)(=O)N1CC(=O)N(c2cc(Cl)cc(Cl)c2)C1=O. The number of anilines is 1. The molecule has 9 heteroatoms. The molecule has 0 spiro atoms. The number of carbonyl (C=O) groups is 2. The number of hydrogen-bond donors (Lipinski definition) is 0. The largest absolute Gasteiger partial charge is 0.345 e. The number of nitrogens with zero attached hydrogens (tertiary/aromatic N) is 2. The van der Waals surface area contributed by atoms with Gasteiger partial charge in [-0.25, -0.2) is 22.4 Å². The molecule has 1 aromatic carbocycles. The van der Waals surface area contributed by atoms with Crippen LogP contribution in [0.15, 0.2) is 18.2 Å². The van der Waals surface area contributed by atoms with Crippen molar-refractivity contribution in [2.45, 2.75) is 19.1 Å². The fourth-order valence-electron chi connectivity index (χ4n) is 1.86. The van der Waals surface area contributed by atoms with Gasteiger partial charge in [-0.1, -0.05) is 23.2 Å². The summed E-state index contributed by atoms with van der Waals surface area (Å²) in [5.41, 5.74) is 0.143. The Hall–Kier alpha value is -1.31. The second-order valence-electron chi connectivity index (χ2n) is 4.74. The first-order valence-corrected chi connectivity index (χ1v) is 8.25. The van der Waals surface area contributed by atoms with Crippen LogP contribution in [-0.4, -0.2) is 36.5 Å². The Balaban J connectivity index is 2.44. The number of sulfonamides is 1. The van der Waals surface area contributed by atoms with Crippen molar-refractivity contribution in [2.24, 2.45) is 0 Å². The van der Waals surface area contributed by atoms with Gasteiger partial charge >= 0.3 is 6.03 Å². The molecule has 2 rings (SSSR count). The third-order valence-corrected chi connectivity index (χ3v) is 5.47. The van der Waals surface area contributed by atoms with E-state index in [1.165, 1.54) is 32.0 Å². The van der Waals surface area contributed by atoms with Crippen LogP contribution < -0.4 is 4.90 Å². The smallest absolute Gasteiger partial charge is 0.272 e. The van der Waals surface area contributed by atoms with Crippen molar-refractivity contribution in [1.82, 2.24) is 4.31 Å². The summed E-state index contributed by atoms with van der Waals surface area (Å²) in [5.74, 6) is -0.650. The molecule has 1 aliphatic rings. The fraction of sp³-hybridized carbons (Fsp3) is 0.333. The maximum atomic E-state index is 12.3. The van der Waals surface area contributed by atoms with E-state index in [1.54, 1.807) is 0 Å². The highest BCUT2D eigenvalue weighted by molar-refractivity contribution is 7.90. The summed E-state index contributed by atoms with van der Waals surface area (Å²) in [7, 11) is -3.86. The Morgan fingerprint density at radius 2 is 1.62 bits per heavy atom. The van der Waals surface area contributed by atoms with Gasteiger partial charge in [0.2, 0.25) is 10.0 Å². The maximum Gasteiger partial charge on any atom is 0.345 e. The summed E-state index contributed by atoms with van der Waals surface area (Å²) >= 11 is 11.7. The molecule has 0 bridgehead atoms. The molecular weight excluding hydrogens is 339 g/mol. The molecular formula is C12H12Cl2N2O4S. The minimum Gasteiger partial charge on any atom is -0.272 e. The van der Waals surface area contributed by atoms with E-state index in [0.717, 1.165) is 4.90 Å². The van der Waals surface area contributed by atoms with Crippen LogP contribution in [0.3, 0.4) is 0 Å². The van der Waals surface area contributed by atoms with Gasteiger partial charge in [0.15, 0.2) is 0 Å². The number of rotatable bonds is 3. The molecule has 1 aromatic rings. The molecule has 1 fully saturated rings. The van der Waals surface area contributed by atoms with Crippen LogP contribution in [0.1, 0.15) is 13.8 Å². The van der Waals surface area contributed by atoms with Gasteiger partial charge in [-0.3, -0.25) is 4.79 Å². The number of urea groups is 1. The van der Waals surface area contributed by atoms with Crippen molar-refractivity contribution < 1.29 is 18.0 Å². The lowest BCUT2D eigenvalue weighted by Crippen LogP contribution is -2.40. The molecule has 114 valence electrons. The standard InChI is InChI=1S/C12H12Cl2N2O4S/c1-7(2)21(19,20)15-6-11(17)16(12(15)18)10-4-8(13)3-9(14)5-10/h3-5,7H,6H2,1-2H3. The Kier molecular flexibility index (Phi) is 4.19. The van der Waals surface area contributed by atoms with Gasteiger partial charge in [-0.15, -0.1) is 0 Å². The van der Waals surface area contributed by atoms with Crippen molar-refractivity contribution >= 4 is 50.9 Å². The Bertz CT molecular complexity index is 698. The average Bonchev–Trinajstić information content (AvgIpc) is 2.63. The number of benzene rings is 1. The third kappa shape index (κ3) is 2.86. The topological polar surface area (TPSA) is 74.8 Å². The van der Waals surface area contributed by atoms with E-state index in [-0.39, 0.29) is 15.7 Å². The molecule has 21 heavy (non-hydrogen) atoms. The number of imide groups is 1. The van der Waals surface area contributed by atoms with Gasteiger partial charge in [0.25, 0.3) is 5.91 Å². The second kappa shape index (κ2) is 5.47. The lowest BCUT2D eigenvalue weighted by Gasteiger charge is -2.19. The highest BCUT2D eigenvalue weighted by Crippen LogP contribution is 2.29. The predicted octanol–water partition coefficient (Wildman–Crippen LogP) is 2.50. The van der Waals surface area contributed by atoms with Crippen molar-refractivity contribution in [3.8, 4) is 0 Å². The summed E-state index contributed by atoms with van der Waals surface area (Å²) in [6.07, 6.45) is 0. The van der Waals surface area contributed by atoms with Gasteiger partial charge in [0.1, 0.15) is 6.54 Å². The fourth-order valence-corrected chi connectivity index (χ4v) is 3.47. The van der Waals surface area contributed by atoms with Gasteiger partial charge in [0.05, 0.1) is 10.9 Å². The summed E-state index contributed by atoms with van der Waals surface area (Å²) in [6, 6.07) is 3.26. The minimum atomic E-state index is -3.86. The monoisotopic (exact) mass is 350 g/mol. The van der Waals surface area contributed by atoms with E-state index in [0.29, 0.717) is 4.31 Å². The molecule has 3 amide bonds. The molecule has 0 aliphatic carbocycles. The molecule has 0 saturated carbocycles. The summed E-state index contributed by atoms with van der Waals surface area (Å²) in [5, 5.41) is -0.330. The second-order valence-corrected chi connectivity index (χ2v) is 8.03. The minimum absolute atomic E-state index is 0.143. The van der Waals surface area contributed by atoms with Gasteiger partial charge in [-0.2, -0.15) is 0 Å². The first kappa shape index (κ1) is 16.1. The number of hydrogen-bond acceptors (Lipinski definition) is 4. The highest BCUT2D eigenvalue weighted by Gasteiger charge is 2.44. The zero-order valence-electron chi connectivity index (χ0n) is 11.2. The number of carbonyl (C=O) groups excluding carboxylic acids is 2. The number of halogens is 2. The van der Waals surface area contributed by atoms with Crippen LogP contribution in [0.25, 0.3) is 0 Å². The van der Waals surface area contributed by atoms with Crippen LogP contribution in [0, 0.1) is 0 Å². The summed E-state index contributed by atoms with van der Waals surface area (Å²) < 4.78 is 24.7. The van der Waals surface area contributed by atoms with E-state index in [2.05, 4.69) is 0 Å². The van der Waals surface area contributed by atoms with Crippen LogP contribution in [-0.2, 0) is 14.8 Å². The average molecular weight is 351 g/mol. The molecule has 0 atom stereocenters. The van der Waals surface area contributed by atoms with Crippen molar-refractivity contribution in [3.63, 3.8) is 0 Å². The molecule has 1 aliphatic heterocycles. The number of amides is 3. The molecule has 6 nitrogen and oxygen atoms in total. The molecule has 0 aromatic heterocycles. The molecule has 1 saturated heterocycles. The van der Waals surface area contributed by atoms with E-state index in [1.807, 2.05) is 0 Å². The van der Waals surface area contributed by atoms with Crippen LogP contribution in [0.2, 0.25) is 10.0 Å². The molecule has 0 radical (unpaired) electrons. The zero-order chi connectivity index (χ0) is 15.9. The quantitative estimate of drug-likeness (QED) is 0.785. The third-order valence-electron chi connectivity index (χ3n) is 2.94. The summed E-state index contributed by atoms with van der Waals surface area (Å²) in [4.78, 5) is 25.0. The van der Waals surface area contributed by atoms with E-state index >= 15 is 0 Å². The maximum absolute atomic E-state index is 12.3. The van der Waals surface area contributed by atoms with Crippen molar-refractivity contribution in [2.75, 3.05) is 11.4 Å². The Morgan fingerprint density at radius 1 is 1.10 bits per heavy atom. The van der Waals surface area contributed by atoms with Gasteiger partial charge < -0.3 is 0 Å². The van der Waals surface area contributed by atoms with Gasteiger partial charge in [0, 0.05) is 10.0 Å². The lowest BCUT2D eigenvalue weighted by atomic mass is 10.3. The van der Waals surface area contributed by atoms with Crippen molar-refractivity contribution in [1.29, 1.82) is 0 Å². The zero-order valence-corrected chi connectivity index (χ0v) is 13.5. The van der Waals surface area contributed by atoms with E-state index in [4.69, 9.17) is 23.2 Å². The predicted molar refractivity (Wildman–Crippen MR) is 80.1 cm³/mol. The van der Waals surface area contributed by atoms with Crippen LogP contribution in [0.5, 0.6) is 0 Å². The van der Waals surface area contributed by atoms with Crippen LogP contribution >= 0.6 is 23.2 Å². The normalized spacial score (nSPS) is 16.2. The van der Waals surface area contributed by atoms with Gasteiger partial charge in [-0.05, 0) is 32.0 Å². The Labute approximate surface area is 132 Å². The lowest BCUT2D eigenvalue weighted by molar-refractivity contribution is -0.116. The highest BCUT2D eigenvalue weighted by atomic mass is 35.5. The first-order chi connectivity index (χ1) is 9.64. The van der Waals surface area contributed by atoms with E-state index in [9.17, 15) is 18.0 Å². The van der Waals surface area contributed by atoms with E-state index < -0.39 is 33.8 Å². The Morgan fingerprint density at radius 3 is 2.10 bits per heavy atom. The molecule has 0 unspecified atom stereocenters. The molecule has 0 N–H and O–H groups in total. The first-order valence-electron chi connectivity index (χ1n) is 5.99. The summed E-state index contributed by atoms with van der Waals surface area (Å²) in [6.45, 7) is 2.35. The van der Waals surface area contributed by atoms with Crippen LogP contribution in [0.4, 0.5) is 10.5 Å². The van der Waals surface area contributed by atoms with Crippen molar-refractivity contribution in [3.05, 3.63) is 28.2 Å².